The molecule has 0 saturated heterocycles. The number of aromatic nitrogens is 2. The third-order valence-corrected chi connectivity index (χ3v) is 6.30. The summed E-state index contributed by atoms with van der Waals surface area (Å²) in [5.41, 5.74) is 3.87. The van der Waals surface area contributed by atoms with Gasteiger partial charge in [-0.1, -0.05) is 13.0 Å². The highest BCUT2D eigenvalue weighted by Crippen LogP contribution is 2.46. The molecule has 2 fully saturated rings. The minimum absolute atomic E-state index is 0.111. The first-order valence-electron chi connectivity index (χ1n) is 10.9. The summed E-state index contributed by atoms with van der Waals surface area (Å²) < 4.78 is 48.6. The number of hydrogen-bond acceptors (Lipinski definition) is 3. The molecule has 164 valence electrons. The lowest BCUT2D eigenvalue weighted by Crippen LogP contribution is -2.28. The summed E-state index contributed by atoms with van der Waals surface area (Å²) in [5.74, 6) is 0.184. The van der Waals surface area contributed by atoms with Gasteiger partial charge >= 0.3 is 6.18 Å². The van der Waals surface area contributed by atoms with E-state index < -0.39 is 11.7 Å². The molecular formula is C24H26F3N3O. The van der Waals surface area contributed by atoms with Crippen molar-refractivity contribution in [3.05, 3.63) is 47.2 Å². The molecule has 0 N–H and O–H groups in total. The Morgan fingerprint density at radius 1 is 1.10 bits per heavy atom. The van der Waals surface area contributed by atoms with Crippen LogP contribution in [0.4, 0.5) is 18.9 Å². The summed E-state index contributed by atoms with van der Waals surface area (Å²) in [6.45, 7) is 4.08. The summed E-state index contributed by atoms with van der Waals surface area (Å²) in [4.78, 5) is 2.51. The van der Waals surface area contributed by atoms with Crippen LogP contribution in [-0.4, -0.2) is 28.8 Å². The molecule has 31 heavy (non-hydrogen) atoms. The van der Waals surface area contributed by atoms with Crippen molar-refractivity contribution in [2.45, 2.75) is 64.2 Å². The Kier molecular flexibility index (Phi) is 4.68. The molecule has 0 radical (unpaired) electrons. The van der Waals surface area contributed by atoms with Crippen LogP contribution in [0.5, 0.6) is 5.75 Å². The quantitative estimate of drug-likeness (QED) is 0.479. The van der Waals surface area contributed by atoms with Gasteiger partial charge in [-0.25, -0.2) is 4.52 Å². The zero-order chi connectivity index (χ0) is 21.9. The van der Waals surface area contributed by atoms with Crippen molar-refractivity contribution in [1.82, 2.24) is 9.61 Å². The van der Waals surface area contributed by atoms with Crippen LogP contribution in [-0.2, 0) is 12.6 Å². The monoisotopic (exact) mass is 429 g/mol. The lowest BCUT2D eigenvalue weighted by molar-refractivity contribution is -0.137. The fraction of sp³-hybridized carbons (Fsp3) is 0.458. The molecule has 0 amide bonds. The zero-order valence-corrected chi connectivity index (χ0v) is 18.0. The van der Waals surface area contributed by atoms with Gasteiger partial charge < -0.3 is 9.64 Å². The molecule has 2 aliphatic carbocycles. The zero-order valence-electron chi connectivity index (χ0n) is 18.0. The van der Waals surface area contributed by atoms with Crippen molar-refractivity contribution in [3.63, 3.8) is 0 Å². The normalized spacial score (nSPS) is 16.7. The smallest absolute Gasteiger partial charge is 0.417 e. The van der Waals surface area contributed by atoms with Crippen LogP contribution < -0.4 is 9.64 Å². The Labute approximate surface area is 179 Å². The minimum atomic E-state index is -4.50. The number of nitrogens with zero attached hydrogens (tertiary/aromatic N) is 3. The molecule has 2 heterocycles. The number of hydrogen-bond donors (Lipinski definition) is 0. The van der Waals surface area contributed by atoms with Crippen LogP contribution in [0.25, 0.3) is 16.8 Å². The topological polar surface area (TPSA) is 29.8 Å². The van der Waals surface area contributed by atoms with Gasteiger partial charge in [-0.05, 0) is 68.9 Å². The Hall–Kier alpha value is -2.70. The molecule has 0 aliphatic heterocycles. The third-order valence-electron chi connectivity index (χ3n) is 6.30. The fourth-order valence-corrected chi connectivity index (χ4v) is 4.53. The summed E-state index contributed by atoms with van der Waals surface area (Å²) in [7, 11) is 1.37. The van der Waals surface area contributed by atoms with E-state index in [9.17, 15) is 13.2 Å². The molecule has 4 nitrogen and oxygen atoms in total. The highest BCUT2D eigenvalue weighted by atomic mass is 19.4. The largest absolute Gasteiger partial charge is 0.497 e. The van der Waals surface area contributed by atoms with Crippen LogP contribution in [0.2, 0.25) is 0 Å². The second-order valence-corrected chi connectivity index (χ2v) is 8.59. The van der Waals surface area contributed by atoms with Crippen molar-refractivity contribution in [2.24, 2.45) is 0 Å². The van der Waals surface area contributed by atoms with Gasteiger partial charge in [0.25, 0.3) is 0 Å². The number of pyridine rings is 1. The van der Waals surface area contributed by atoms with E-state index in [-0.39, 0.29) is 11.3 Å². The highest BCUT2D eigenvalue weighted by molar-refractivity contribution is 5.83. The summed E-state index contributed by atoms with van der Waals surface area (Å²) in [5, 5.41) is 4.85. The number of alkyl halides is 3. The Morgan fingerprint density at radius 2 is 1.77 bits per heavy atom. The second kappa shape index (κ2) is 7.18. The first-order chi connectivity index (χ1) is 14.8. The van der Waals surface area contributed by atoms with Crippen molar-refractivity contribution < 1.29 is 17.9 Å². The predicted octanol–water partition coefficient (Wildman–Crippen LogP) is 6.03. The van der Waals surface area contributed by atoms with E-state index >= 15 is 0 Å². The third kappa shape index (κ3) is 3.44. The van der Waals surface area contributed by atoms with Crippen LogP contribution in [0.3, 0.4) is 0 Å². The molecule has 0 atom stereocenters. The summed E-state index contributed by atoms with van der Waals surface area (Å²) >= 11 is 0. The van der Waals surface area contributed by atoms with Gasteiger partial charge in [-0.3, -0.25) is 0 Å². The van der Waals surface area contributed by atoms with Crippen molar-refractivity contribution >= 4 is 11.2 Å². The van der Waals surface area contributed by atoms with Gasteiger partial charge in [-0.2, -0.15) is 18.3 Å². The number of rotatable bonds is 6. The lowest BCUT2D eigenvalue weighted by atomic mass is 10.0. The van der Waals surface area contributed by atoms with Crippen molar-refractivity contribution in [3.8, 4) is 17.0 Å². The number of ether oxygens (including phenoxy) is 1. The SMILES string of the molecule is CCc1nn2c(-c3ccc(OC)cc3C(F)(F)F)ccc(C)c2c1N(C1CC1)C1CC1. The first-order valence-corrected chi connectivity index (χ1v) is 10.9. The van der Waals surface area contributed by atoms with Gasteiger partial charge in [0.05, 0.1) is 35.3 Å². The van der Waals surface area contributed by atoms with Crippen molar-refractivity contribution in [1.29, 1.82) is 0 Å². The highest BCUT2D eigenvalue weighted by Gasteiger charge is 2.42. The number of halogens is 3. The molecule has 0 unspecified atom stereocenters. The van der Waals surface area contributed by atoms with E-state index in [1.807, 2.05) is 13.0 Å². The number of anilines is 1. The van der Waals surface area contributed by atoms with Gasteiger partial charge in [0.2, 0.25) is 0 Å². The van der Waals surface area contributed by atoms with E-state index in [0.717, 1.165) is 34.9 Å². The Bertz CT molecular complexity index is 1130. The average molecular weight is 429 g/mol. The van der Waals surface area contributed by atoms with E-state index in [1.54, 1.807) is 16.6 Å². The molecule has 0 spiro atoms. The fourth-order valence-electron chi connectivity index (χ4n) is 4.53. The van der Waals surface area contributed by atoms with E-state index in [4.69, 9.17) is 9.84 Å². The molecule has 2 aromatic heterocycles. The van der Waals surface area contributed by atoms with Gasteiger partial charge in [0, 0.05) is 17.6 Å². The van der Waals surface area contributed by atoms with Gasteiger partial charge in [0.1, 0.15) is 5.75 Å². The number of aryl methyl sites for hydroxylation is 2. The maximum Gasteiger partial charge on any atom is 0.417 e. The Balaban J connectivity index is 1.77. The van der Waals surface area contributed by atoms with Crippen LogP contribution in [0.15, 0.2) is 30.3 Å². The molecule has 2 saturated carbocycles. The second-order valence-electron chi connectivity index (χ2n) is 8.59. The standard InChI is InChI=1S/C24H26F3N3O/c1-4-20-23(29(15-6-7-15)16-8-9-16)22-14(2)5-12-21(30(22)28-20)18-11-10-17(31-3)13-19(18)24(25,26)27/h5,10-13,15-16H,4,6-9H2,1-3H3. The maximum atomic E-state index is 13.9. The molecule has 5 rings (SSSR count). The summed E-state index contributed by atoms with van der Waals surface area (Å²) in [6, 6.07) is 8.83. The summed E-state index contributed by atoms with van der Waals surface area (Å²) in [6.07, 6.45) is 0.928. The van der Waals surface area contributed by atoms with E-state index in [0.29, 0.717) is 17.8 Å². The van der Waals surface area contributed by atoms with E-state index in [1.165, 1.54) is 38.9 Å². The average Bonchev–Trinajstić information content (AvgIpc) is 3.66. The minimum Gasteiger partial charge on any atom is -0.497 e. The number of benzene rings is 1. The molecular weight excluding hydrogens is 403 g/mol. The molecule has 2 aliphatic rings. The molecule has 7 heteroatoms. The molecule has 0 bridgehead atoms. The Morgan fingerprint density at radius 3 is 2.32 bits per heavy atom. The lowest BCUT2D eigenvalue weighted by Gasteiger charge is -2.25. The van der Waals surface area contributed by atoms with Gasteiger partial charge in [-0.15, -0.1) is 0 Å². The maximum absolute atomic E-state index is 13.9. The van der Waals surface area contributed by atoms with Crippen molar-refractivity contribution in [2.75, 3.05) is 12.0 Å². The molecule has 1 aromatic carbocycles. The van der Waals surface area contributed by atoms with E-state index in [2.05, 4.69) is 11.8 Å². The molecule has 3 aromatic rings. The number of methoxy groups -OCH3 is 1. The van der Waals surface area contributed by atoms with Gasteiger partial charge in [0.15, 0.2) is 0 Å². The predicted molar refractivity (Wildman–Crippen MR) is 115 cm³/mol. The number of fused-ring (bicyclic) bond motifs is 1. The van der Waals surface area contributed by atoms with Crippen LogP contribution in [0.1, 0.15) is 49.4 Å². The first kappa shape index (κ1) is 20.2. The van der Waals surface area contributed by atoms with Crippen LogP contribution in [0, 0.1) is 6.92 Å². The van der Waals surface area contributed by atoms with Crippen LogP contribution >= 0.6 is 0 Å².